The minimum Gasteiger partial charge on any atom is -0.480 e. The molecular formula is C10H12N4O2. The number of hydrogen-bond acceptors (Lipinski definition) is 5. The van der Waals surface area contributed by atoms with Crippen LogP contribution < -0.4 is 4.90 Å². The molecule has 0 saturated carbocycles. The normalized spacial score (nSPS) is 9.88. The van der Waals surface area contributed by atoms with Crippen LogP contribution in [0, 0.1) is 11.3 Å². The van der Waals surface area contributed by atoms with Gasteiger partial charge in [-0.25, -0.2) is 9.97 Å². The molecule has 0 aromatic carbocycles. The summed E-state index contributed by atoms with van der Waals surface area (Å²) in [5.41, 5.74) is 0.137. The number of nitriles is 1. The number of hydrogen-bond donors (Lipinski definition) is 1. The molecule has 0 aliphatic heterocycles. The van der Waals surface area contributed by atoms with E-state index in [0.717, 1.165) is 0 Å². The van der Waals surface area contributed by atoms with Gasteiger partial charge in [0.25, 0.3) is 0 Å². The molecule has 1 aromatic heterocycles. The summed E-state index contributed by atoms with van der Waals surface area (Å²) in [6.45, 7) is 3.46. The van der Waals surface area contributed by atoms with Crippen LogP contribution in [0.1, 0.15) is 19.5 Å². The van der Waals surface area contributed by atoms with Crippen LogP contribution in [0.3, 0.4) is 0 Å². The second-order valence-corrected chi connectivity index (χ2v) is 3.46. The van der Waals surface area contributed by atoms with Crippen molar-refractivity contribution < 1.29 is 9.90 Å². The fourth-order valence-corrected chi connectivity index (χ4v) is 1.27. The number of rotatable bonds is 4. The van der Waals surface area contributed by atoms with Crippen LogP contribution in [0.15, 0.2) is 12.4 Å². The van der Waals surface area contributed by atoms with Crippen LogP contribution in [0.25, 0.3) is 0 Å². The van der Waals surface area contributed by atoms with Crippen LogP contribution >= 0.6 is 0 Å². The first-order valence-electron chi connectivity index (χ1n) is 4.75. The first-order chi connectivity index (χ1) is 7.56. The number of aromatic nitrogens is 2. The molecule has 0 fully saturated rings. The van der Waals surface area contributed by atoms with E-state index in [9.17, 15) is 4.79 Å². The van der Waals surface area contributed by atoms with E-state index in [0.29, 0.717) is 5.82 Å². The lowest BCUT2D eigenvalue weighted by atomic mass is 10.3. The molecule has 0 aliphatic carbocycles. The highest BCUT2D eigenvalue weighted by Gasteiger charge is 2.19. The third kappa shape index (κ3) is 2.67. The van der Waals surface area contributed by atoms with E-state index in [-0.39, 0.29) is 18.3 Å². The van der Waals surface area contributed by atoms with E-state index < -0.39 is 5.97 Å². The maximum Gasteiger partial charge on any atom is 0.323 e. The quantitative estimate of drug-likeness (QED) is 0.801. The predicted molar refractivity (Wildman–Crippen MR) is 56.9 cm³/mol. The molecule has 16 heavy (non-hydrogen) atoms. The number of aliphatic carboxylic acids is 1. The van der Waals surface area contributed by atoms with Gasteiger partial charge in [-0.15, -0.1) is 0 Å². The summed E-state index contributed by atoms with van der Waals surface area (Å²) in [6.07, 6.45) is 2.84. The van der Waals surface area contributed by atoms with Gasteiger partial charge in [-0.2, -0.15) is 5.26 Å². The Morgan fingerprint density at radius 1 is 1.56 bits per heavy atom. The highest BCUT2D eigenvalue weighted by Crippen LogP contribution is 2.16. The molecule has 1 heterocycles. The molecule has 6 heteroatoms. The Balaban J connectivity index is 3.11. The molecule has 0 unspecified atom stereocenters. The topological polar surface area (TPSA) is 90.1 Å². The molecular weight excluding hydrogens is 208 g/mol. The lowest BCUT2D eigenvalue weighted by Gasteiger charge is -2.25. The highest BCUT2D eigenvalue weighted by atomic mass is 16.4. The molecule has 0 radical (unpaired) electrons. The van der Waals surface area contributed by atoms with E-state index in [4.69, 9.17) is 10.4 Å². The van der Waals surface area contributed by atoms with Crippen LogP contribution in [0.2, 0.25) is 0 Å². The third-order valence-electron chi connectivity index (χ3n) is 1.99. The second-order valence-electron chi connectivity index (χ2n) is 3.46. The van der Waals surface area contributed by atoms with E-state index >= 15 is 0 Å². The first kappa shape index (κ1) is 11.9. The smallest absolute Gasteiger partial charge is 0.323 e. The third-order valence-corrected chi connectivity index (χ3v) is 1.99. The Bertz CT molecular complexity index is 425. The summed E-state index contributed by atoms with van der Waals surface area (Å²) in [7, 11) is 0. The van der Waals surface area contributed by atoms with Crippen LogP contribution in [0.5, 0.6) is 0 Å². The monoisotopic (exact) mass is 220 g/mol. The summed E-state index contributed by atoms with van der Waals surface area (Å²) in [6, 6.07) is 1.83. The maximum atomic E-state index is 10.7. The van der Waals surface area contributed by atoms with Crippen molar-refractivity contribution in [3.63, 3.8) is 0 Å². The van der Waals surface area contributed by atoms with E-state index in [2.05, 4.69) is 9.97 Å². The SMILES string of the molecule is CC(C)N(CC(=O)O)c1nccnc1C#N. The van der Waals surface area contributed by atoms with Gasteiger partial charge < -0.3 is 10.0 Å². The number of anilines is 1. The minimum absolute atomic E-state index is 0.0695. The zero-order chi connectivity index (χ0) is 12.1. The Morgan fingerprint density at radius 2 is 2.19 bits per heavy atom. The summed E-state index contributed by atoms with van der Waals surface area (Å²) in [5, 5.41) is 17.6. The molecule has 0 saturated heterocycles. The van der Waals surface area contributed by atoms with Crippen molar-refractivity contribution in [3.8, 4) is 6.07 Å². The number of carboxylic acid groups (broad SMARTS) is 1. The molecule has 0 aliphatic rings. The molecule has 0 bridgehead atoms. The summed E-state index contributed by atoms with van der Waals surface area (Å²) in [4.78, 5) is 20.1. The average Bonchev–Trinajstić information content (AvgIpc) is 2.25. The van der Waals surface area contributed by atoms with E-state index in [1.807, 2.05) is 19.9 Å². The van der Waals surface area contributed by atoms with E-state index in [1.54, 1.807) is 0 Å². The van der Waals surface area contributed by atoms with Gasteiger partial charge in [0.2, 0.25) is 0 Å². The Kier molecular flexibility index (Phi) is 3.78. The molecule has 6 nitrogen and oxygen atoms in total. The lowest BCUT2D eigenvalue weighted by Crippen LogP contribution is -2.37. The highest BCUT2D eigenvalue weighted by molar-refractivity contribution is 5.74. The first-order valence-corrected chi connectivity index (χ1v) is 4.75. The van der Waals surface area contributed by atoms with Crippen molar-refractivity contribution in [1.82, 2.24) is 9.97 Å². The van der Waals surface area contributed by atoms with Crippen LogP contribution in [0.4, 0.5) is 5.82 Å². The fourth-order valence-electron chi connectivity index (χ4n) is 1.27. The van der Waals surface area contributed by atoms with Gasteiger partial charge in [-0.3, -0.25) is 4.79 Å². The average molecular weight is 220 g/mol. The summed E-state index contributed by atoms with van der Waals surface area (Å²) in [5.74, 6) is -0.661. The molecule has 0 spiro atoms. The van der Waals surface area contributed by atoms with Gasteiger partial charge in [0.1, 0.15) is 12.6 Å². The van der Waals surface area contributed by atoms with Gasteiger partial charge in [0, 0.05) is 18.4 Å². The van der Waals surface area contributed by atoms with Crippen molar-refractivity contribution in [1.29, 1.82) is 5.26 Å². The lowest BCUT2D eigenvalue weighted by molar-refractivity contribution is -0.135. The zero-order valence-electron chi connectivity index (χ0n) is 9.08. The Morgan fingerprint density at radius 3 is 2.69 bits per heavy atom. The van der Waals surface area contributed by atoms with Gasteiger partial charge in [0.15, 0.2) is 11.5 Å². The maximum absolute atomic E-state index is 10.7. The minimum atomic E-state index is -0.969. The van der Waals surface area contributed by atoms with Gasteiger partial charge in [-0.05, 0) is 13.8 Å². The number of carbonyl (C=O) groups is 1. The molecule has 1 N–H and O–H groups in total. The molecule has 1 rings (SSSR count). The van der Waals surface area contributed by atoms with Crippen molar-refractivity contribution in [2.75, 3.05) is 11.4 Å². The largest absolute Gasteiger partial charge is 0.480 e. The number of carboxylic acids is 1. The Hall–Kier alpha value is -2.16. The van der Waals surface area contributed by atoms with Gasteiger partial charge in [0.05, 0.1) is 0 Å². The standard InChI is InChI=1S/C10H12N4O2/c1-7(2)14(6-9(15)16)10-8(5-11)12-3-4-13-10/h3-4,7H,6H2,1-2H3,(H,15,16). The van der Waals surface area contributed by atoms with Crippen molar-refractivity contribution in [3.05, 3.63) is 18.1 Å². The molecule has 1 aromatic rings. The number of nitrogens with zero attached hydrogens (tertiary/aromatic N) is 4. The van der Waals surface area contributed by atoms with Crippen LogP contribution in [-0.2, 0) is 4.79 Å². The molecule has 0 amide bonds. The summed E-state index contributed by atoms with van der Waals surface area (Å²) >= 11 is 0. The van der Waals surface area contributed by atoms with Crippen LogP contribution in [-0.4, -0.2) is 33.6 Å². The van der Waals surface area contributed by atoms with E-state index in [1.165, 1.54) is 17.3 Å². The molecule has 0 atom stereocenters. The zero-order valence-corrected chi connectivity index (χ0v) is 9.08. The second kappa shape index (κ2) is 5.07. The van der Waals surface area contributed by atoms with Gasteiger partial charge in [-0.1, -0.05) is 0 Å². The summed E-state index contributed by atoms with van der Waals surface area (Å²) < 4.78 is 0. The van der Waals surface area contributed by atoms with Gasteiger partial charge >= 0.3 is 5.97 Å². The fraction of sp³-hybridized carbons (Fsp3) is 0.400. The molecule has 84 valence electrons. The van der Waals surface area contributed by atoms with Crippen molar-refractivity contribution in [2.24, 2.45) is 0 Å². The van der Waals surface area contributed by atoms with Crippen molar-refractivity contribution in [2.45, 2.75) is 19.9 Å². The van der Waals surface area contributed by atoms with Crippen molar-refractivity contribution >= 4 is 11.8 Å². The predicted octanol–water partition coefficient (Wildman–Crippen LogP) is 0.648. The Labute approximate surface area is 93.2 Å².